The van der Waals surface area contributed by atoms with E-state index in [1.807, 2.05) is 0 Å². The third kappa shape index (κ3) is 0.900. The van der Waals surface area contributed by atoms with Crippen molar-refractivity contribution >= 4 is 23.3 Å². The summed E-state index contributed by atoms with van der Waals surface area (Å²) < 4.78 is 31.5. The van der Waals surface area contributed by atoms with E-state index in [0.717, 1.165) is 11.7 Å². The standard InChI is InChI=1S/C3H3ClN2OS/c1-7-3-2(4)5-8-6-3/h1H3/i1D3. The molecule has 0 N–H and O–H groups in total. The van der Waals surface area contributed by atoms with Gasteiger partial charge in [-0.15, -0.1) is 4.37 Å². The first kappa shape index (κ1) is 2.98. The fraction of sp³-hybridized carbons (Fsp3) is 0.333. The Balaban J connectivity index is 2.72. The molecule has 3 nitrogen and oxygen atoms in total. The summed E-state index contributed by atoms with van der Waals surface area (Å²) in [6.07, 6.45) is 0. The Bertz CT molecular complexity index is 249. The molecule has 0 bridgehead atoms. The second-order valence-corrected chi connectivity index (χ2v) is 1.85. The van der Waals surface area contributed by atoms with Gasteiger partial charge in [0, 0.05) is 0 Å². The molecule has 8 heavy (non-hydrogen) atoms. The van der Waals surface area contributed by atoms with Gasteiger partial charge in [0.05, 0.1) is 22.9 Å². The van der Waals surface area contributed by atoms with Crippen LogP contribution in [-0.2, 0) is 0 Å². The van der Waals surface area contributed by atoms with E-state index in [-0.39, 0.29) is 11.0 Å². The molecule has 0 aliphatic heterocycles. The van der Waals surface area contributed by atoms with E-state index < -0.39 is 7.04 Å². The average molecular weight is 154 g/mol. The zero-order valence-corrected chi connectivity index (χ0v) is 5.16. The number of methoxy groups -OCH3 is 1. The molecule has 0 aromatic carbocycles. The van der Waals surface area contributed by atoms with Crippen LogP contribution in [0.25, 0.3) is 0 Å². The number of aromatic nitrogens is 2. The van der Waals surface area contributed by atoms with E-state index in [1.165, 1.54) is 0 Å². The zero-order valence-electron chi connectivity index (χ0n) is 6.59. The maximum absolute atomic E-state index is 6.69. The van der Waals surface area contributed by atoms with Gasteiger partial charge in [0.2, 0.25) is 5.15 Å². The van der Waals surface area contributed by atoms with Crippen LogP contribution in [0.4, 0.5) is 0 Å². The molecule has 1 aromatic heterocycles. The van der Waals surface area contributed by atoms with E-state index >= 15 is 0 Å². The van der Waals surface area contributed by atoms with Crippen LogP contribution in [0.3, 0.4) is 0 Å². The molecular weight excluding hydrogens is 148 g/mol. The van der Waals surface area contributed by atoms with Gasteiger partial charge in [-0.05, 0) is 0 Å². The first-order valence-electron chi connectivity index (χ1n) is 3.16. The molecule has 5 heteroatoms. The molecule has 0 radical (unpaired) electrons. The van der Waals surface area contributed by atoms with Crippen molar-refractivity contribution in [3.05, 3.63) is 5.15 Å². The second-order valence-electron chi connectivity index (χ2n) is 0.962. The molecule has 0 amide bonds. The van der Waals surface area contributed by atoms with Crippen LogP contribution in [0.15, 0.2) is 0 Å². The SMILES string of the molecule is [2H]C([2H])([2H])Oc1nsnc1Cl. The van der Waals surface area contributed by atoms with Crippen LogP contribution in [0.2, 0.25) is 5.15 Å². The number of rotatable bonds is 1. The highest BCUT2D eigenvalue weighted by Crippen LogP contribution is 2.18. The third-order valence-corrected chi connectivity index (χ3v) is 1.38. The van der Waals surface area contributed by atoms with Gasteiger partial charge in [0.1, 0.15) is 0 Å². The lowest BCUT2D eigenvalue weighted by Gasteiger charge is -1.86. The first-order valence-corrected chi connectivity index (χ1v) is 2.77. The van der Waals surface area contributed by atoms with Crippen molar-refractivity contribution in [3.8, 4) is 5.88 Å². The lowest BCUT2D eigenvalue weighted by Crippen LogP contribution is -1.80. The average Bonchev–Trinajstić information content (AvgIpc) is 2.12. The molecule has 0 unspecified atom stereocenters. The van der Waals surface area contributed by atoms with Crippen molar-refractivity contribution in [2.24, 2.45) is 0 Å². The number of hydrogen-bond donors (Lipinski definition) is 0. The van der Waals surface area contributed by atoms with Crippen molar-refractivity contribution in [1.29, 1.82) is 0 Å². The Kier molecular flexibility index (Phi) is 0.850. The van der Waals surface area contributed by atoms with E-state index in [0.29, 0.717) is 0 Å². The lowest BCUT2D eigenvalue weighted by molar-refractivity contribution is 0.402. The summed E-state index contributed by atoms with van der Waals surface area (Å²) in [6.45, 7) is 0. The summed E-state index contributed by atoms with van der Waals surface area (Å²) in [5, 5.41) is -0.0221. The molecule has 0 aliphatic carbocycles. The van der Waals surface area contributed by atoms with E-state index in [1.54, 1.807) is 0 Å². The van der Waals surface area contributed by atoms with Gasteiger partial charge in [-0.2, -0.15) is 4.37 Å². The van der Waals surface area contributed by atoms with Crippen LogP contribution in [0.5, 0.6) is 5.88 Å². The van der Waals surface area contributed by atoms with Crippen LogP contribution in [0, 0.1) is 0 Å². The fourth-order valence-electron chi connectivity index (χ4n) is 0.231. The quantitative estimate of drug-likeness (QED) is 0.608. The Morgan fingerprint density at radius 2 is 2.75 bits per heavy atom. The molecule has 1 rings (SSSR count). The van der Waals surface area contributed by atoms with Crippen LogP contribution in [-0.4, -0.2) is 15.8 Å². The highest BCUT2D eigenvalue weighted by Gasteiger charge is 2.01. The zero-order chi connectivity index (χ0) is 8.48. The van der Waals surface area contributed by atoms with E-state index in [2.05, 4.69) is 13.5 Å². The van der Waals surface area contributed by atoms with Gasteiger partial charge in [-0.3, -0.25) is 0 Å². The molecule has 0 saturated heterocycles. The van der Waals surface area contributed by atoms with Crippen molar-refractivity contribution < 1.29 is 8.85 Å². The maximum atomic E-state index is 6.69. The van der Waals surface area contributed by atoms with Gasteiger partial charge in [0.15, 0.2) is 0 Å². The predicted octanol–water partition coefficient (Wildman–Crippen LogP) is 1.20. The summed E-state index contributed by atoms with van der Waals surface area (Å²) in [6, 6.07) is 0. The molecule has 0 spiro atoms. The van der Waals surface area contributed by atoms with Crippen molar-refractivity contribution in [3.63, 3.8) is 0 Å². The van der Waals surface area contributed by atoms with Crippen LogP contribution >= 0.6 is 23.3 Å². The van der Waals surface area contributed by atoms with Gasteiger partial charge in [-0.1, -0.05) is 11.6 Å². The van der Waals surface area contributed by atoms with Crippen LogP contribution in [0.1, 0.15) is 4.11 Å². The largest absolute Gasteiger partial charge is 0.478 e. The molecule has 0 saturated carbocycles. The fourth-order valence-corrected chi connectivity index (χ4v) is 0.843. The molecule has 1 heterocycles. The molecule has 0 fully saturated rings. The van der Waals surface area contributed by atoms with E-state index in [4.69, 9.17) is 15.7 Å². The molecular formula is C3H3ClN2OS. The molecule has 0 aliphatic rings. The number of nitrogens with zero attached hydrogens (tertiary/aromatic N) is 2. The highest BCUT2D eigenvalue weighted by molar-refractivity contribution is 6.99. The highest BCUT2D eigenvalue weighted by atomic mass is 35.5. The molecule has 0 atom stereocenters. The molecule has 1 aromatic rings. The first-order chi connectivity index (χ1) is 4.99. The van der Waals surface area contributed by atoms with Crippen molar-refractivity contribution in [2.75, 3.05) is 7.04 Å². The Morgan fingerprint density at radius 1 is 1.88 bits per heavy atom. The summed E-state index contributed by atoms with van der Waals surface area (Å²) >= 11 is 6.21. The molecule has 44 valence electrons. The number of hydrogen-bond acceptors (Lipinski definition) is 4. The summed E-state index contributed by atoms with van der Waals surface area (Å²) in [5.41, 5.74) is 0. The van der Waals surface area contributed by atoms with Gasteiger partial charge in [-0.25, -0.2) is 0 Å². The predicted molar refractivity (Wildman–Crippen MR) is 31.5 cm³/mol. The monoisotopic (exact) mass is 153 g/mol. The smallest absolute Gasteiger partial charge is 0.265 e. The summed E-state index contributed by atoms with van der Waals surface area (Å²) in [4.78, 5) is 0. The van der Waals surface area contributed by atoms with Gasteiger partial charge >= 0.3 is 0 Å². The Hall–Kier alpha value is -0.350. The topological polar surface area (TPSA) is 35.0 Å². The number of halogens is 1. The van der Waals surface area contributed by atoms with Crippen molar-refractivity contribution in [2.45, 2.75) is 0 Å². The van der Waals surface area contributed by atoms with Gasteiger partial charge in [0.25, 0.3) is 5.88 Å². The summed E-state index contributed by atoms with van der Waals surface area (Å²) in [5.74, 6) is -0.142. The minimum atomic E-state index is -2.51. The number of ether oxygens (including phenoxy) is 1. The Morgan fingerprint density at radius 3 is 3.25 bits per heavy atom. The minimum absolute atomic E-state index is 0.0221. The minimum Gasteiger partial charge on any atom is -0.478 e. The lowest BCUT2D eigenvalue weighted by atomic mass is 10.8. The van der Waals surface area contributed by atoms with Crippen LogP contribution < -0.4 is 4.74 Å². The van der Waals surface area contributed by atoms with Crippen molar-refractivity contribution in [1.82, 2.24) is 8.75 Å². The maximum Gasteiger partial charge on any atom is 0.265 e. The van der Waals surface area contributed by atoms with E-state index in [9.17, 15) is 0 Å². The summed E-state index contributed by atoms with van der Waals surface area (Å²) in [7, 11) is -2.51. The normalized spacial score (nSPS) is 16.4. The third-order valence-electron chi connectivity index (χ3n) is 0.518. The second kappa shape index (κ2) is 2.28. The van der Waals surface area contributed by atoms with Gasteiger partial charge < -0.3 is 4.74 Å². The Labute approximate surface area is 59.8 Å².